The predicted octanol–water partition coefficient (Wildman–Crippen LogP) is 1.61. The second-order valence-corrected chi connectivity index (χ2v) is 6.70. The number of ether oxygens (including phenoxy) is 1. The molecule has 0 bridgehead atoms. The molecule has 0 aliphatic carbocycles. The monoisotopic (exact) mass is 386 g/mol. The number of methoxy groups -OCH3 is 1. The molecule has 2 N–H and O–H groups in total. The largest absolute Gasteiger partial charge is 0.497 e. The number of amides is 2. The van der Waals surface area contributed by atoms with Crippen LogP contribution < -0.4 is 21.1 Å². The lowest BCUT2D eigenvalue weighted by molar-refractivity contribution is -0.128. The smallest absolute Gasteiger partial charge is 0.263 e. The van der Waals surface area contributed by atoms with Crippen LogP contribution in [0, 0.1) is 6.92 Å². The Kier molecular flexibility index (Phi) is 5.22. The molecular weight excluding hydrogens is 368 g/mol. The molecule has 0 saturated carbocycles. The molecule has 3 aromatic rings. The van der Waals surface area contributed by atoms with Gasteiger partial charge in [-0.05, 0) is 24.6 Å². The molecule has 0 aliphatic rings. The fourth-order valence-electron chi connectivity index (χ4n) is 2.64. The zero-order valence-electron chi connectivity index (χ0n) is 15.0. The molecule has 3 rings (SSSR count). The van der Waals surface area contributed by atoms with Gasteiger partial charge in [0, 0.05) is 17.9 Å². The summed E-state index contributed by atoms with van der Waals surface area (Å²) in [6.45, 7) is 2.70. The molecule has 1 aromatic carbocycles. The third-order valence-corrected chi connectivity index (χ3v) is 4.84. The second kappa shape index (κ2) is 7.58. The van der Waals surface area contributed by atoms with Crippen LogP contribution in [0.15, 0.2) is 34.4 Å². The van der Waals surface area contributed by atoms with Crippen LogP contribution in [0.2, 0.25) is 0 Å². The highest BCUT2D eigenvalue weighted by Gasteiger charge is 2.17. The molecule has 0 spiro atoms. The van der Waals surface area contributed by atoms with Crippen molar-refractivity contribution >= 4 is 33.4 Å². The maximum Gasteiger partial charge on any atom is 0.263 e. The number of hydrazine groups is 1. The Bertz CT molecular complexity index is 1070. The fraction of sp³-hybridized carbons (Fsp3) is 0.222. The first kappa shape index (κ1) is 18.6. The minimum absolute atomic E-state index is 0.244. The van der Waals surface area contributed by atoms with Crippen LogP contribution in [0.25, 0.3) is 21.3 Å². The number of hydrogen-bond donors (Lipinski definition) is 2. The predicted molar refractivity (Wildman–Crippen MR) is 103 cm³/mol. The Balaban J connectivity index is 2.02. The van der Waals surface area contributed by atoms with E-state index < -0.39 is 11.8 Å². The van der Waals surface area contributed by atoms with Crippen molar-refractivity contribution in [1.29, 1.82) is 0 Å². The molecule has 2 aromatic heterocycles. The number of aryl methyl sites for hydroxylation is 1. The molecule has 2 heterocycles. The van der Waals surface area contributed by atoms with Crippen LogP contribution in [-0.4, -0.2) is 28.5 Å². The van der Waals surface area contributed by atoms with Crippen LogP contribution in [0.4, 0.5) is 0 Å². The summed E-state index contributed by atoms with van der Waals surface area (Å²) in [5.41, 5.74) is 5.76. The van der Waals surface area contributed by atoms with Gasteiger partial charge in [0.1, 0.15) is 22.9 Å². The molecule has 0 unspecified atom stereocenters. The first-order valence-corrected chi connectivity index (χ1v) is 8.97. The van der Waals surface area contributed by atoms with E-state index in [4.69, 9.17) is 4.74 Å². The van der Waals surface area contributed by atoms with Crippen LogP contribution in [-0.2, 0) is 16.1 Å². The van der Waals surface area contributed by atoms with Crippen molar-refractivity contribution in [3.05, 3.63) is 45.8 Å². The van der Waals surface area contributed by atoms with Gasteiger partial charge in [0.2, 0.25) is 5.91 Å². The molecule has 0 atom stereocenters. The Morgan fingerprint density at radius 2 is 1.93 bits per heavy atom. The van der Waals surface area contributed by atoms with Gasteiger partial charge in [-0.1, -0.05) is 12.1 Å². The lowest BCUT2D eigenvalue weighted by Gasteiger charge is -2.10. The van der Waals surface area contributed by atoms with E-state index in [9.17, 15) is 14.4 Å². The minimum atomic E-state index is -0.516. The number of aromatic nitrogens is 2. The number of carbonyl (C=O) groups excluding carboxylic acids is 2. The highest BCUT2D eigenvalue weighted by atomic mass is 32.1. The van der Waals surface area contributed by atoms with E-state index in [1.165, 1.54) is 22.8 Å². The van der Waals surface area contributed by atoms with Gasteiger partial charge in [0.15, 0.2) is 0 Å². The number of nitrogens with zero attached hydrogens (tertiary/aromatic N) is 2. The first-order chi connectivity index (χ1) is 12.9. The maximum atomic E-state index is 13.0. The van der Waals surface area contributed by atoms with E-state index >= 15 is 0 Å². The van der Waals surface area contributed by atoms with Crippen LogP contribution >= 0.6 is 11.3 Å². The normalized spacial score (nSPS) is 10.6. The molecule has 8 nitrogen and oxygen atoms in total. The van der Waals surface area contributed by atoms with E-state index in [1.54, 1.807) is 14.0 Å². The number of carbonyl (C=O) groups is 2. The number of thiophene rings is 1. The zero-order chi connectivity index (χ0) is 19.6. The Morgan fingerprint density at radius 3 is 2.56 bits per heavy atom. The van der Waals surface area contributed by atoms with E-state index in [2.05, 4.69) is 15.8 Å². The van der Waals surface area contributed by atoms with E-state index in [0.717, 1.165) is 16.9 Å². The molecule has 0 fully saturated rings. The van der Waals surface area contributed by atoms with E-state index in [0.29, 0.717) is 16.0 Å². The zero-order valence-corrected chi connectivity index (χ0v) is 15.8. The topological polar surface area (TPSA) is 102 Å². The summed E-state index contributed by atoms with van der Waals surface area (Å²) in [7, 11) is 1.59. The second-order valence-electron chi connectivity index (χ2n) is 5.84. The Hall–Kier alpha value is -3.20. The number of fused-ring (bicyclic) bond motifs is 1. The number of benzene rings is 1. The molecule has 2 amide bonds. The van der Waals surface area contributed by atoms with Crippen molar-refractivity contribution in [3.8, 4) is 16.9 Å². The summed E-state index contributed by atoms with van der Waals surface area (Å²) in [6.07, 6.45) is 0. The number of nitrogens with one attached hydrogen (secondary N) is 2. The van der Waals surface area contributed by atoms with Gasteiger partial charge in [-0.2, -0.15) is 0 Å². The van der Waals surface area contributed by atoms with Gasteiger partial charge < -0.3 is 4.74 Å². The van der Waals surface area contributed by atoms with Crippen molar-refractivity contribution in [3.63, 3.8) is 0 Å². The maximum absolute atomic E-state index is 13.0. The summed E-state index contributed by atoms with van der Waals surface area (Å²) in [6, 6.07) is 7.38. The van der Waals surface area contributed by atoms with Gasteiger partial charge in [-0.25, -0.2) is 4.98 Å². The van der Waals surface area contributed by atoms with Crippen molar-refractivity contribution < 1.29 is 14.3 Å². The molecule has 0 saturated heterocycles. The third kappa shape index (κ3) is 3.82. The van der Waals surface area contributed by atoms with Gasteiger partial charge in [-0.3, -0.25) is 29.8 Å². The van der Waals surface area contributed by atoms with E-state index in [1.807, 2.05) is 29.6 Å². The molecule has 9 heteroatoms. The molecule has 0 aliphatic heterocycles. The fourth-order valence-corrected chi connectivity index (χ4v) is 3.62. The van der Waals surface area contributed by atoms with Crippen molar-refractivity contribution in [1.82, 2.24) is 20.4 Å². The number of rotatable bonds is 4. The average Bonchev–Trinajstić information content (AvgIpc) is 3.07. The average molecular weight is 386 g/mol. The lowest BCUT2D eigenvalue weighted by atomic mass is 10.1. The molecule has 0 radical (unpaired) electrons. The summed E-state index contributed by atoms with van der Waals surface area (Å²) < 4.78 is 6.46. The molecule has 140 valence electrons. The van der Waals surface area contributed by atoms with Crippen molar-refractivity contribution in [2.75, 3.05) is 7.11 Å². The number of hydrogen-bond acceptors (Lipinski definition) is 6. The third-order valence-electron chi connectivity index (χ3n) is 3.97. The summed E-state index contributed by atoms with van der Waals surface area (Å²) in [5.74, 6) is 0.228. The van der Waals surface area contributed by atoms with Gasteiger partial charge in [0.25, 0.3) is 11.5 Å². The van der Waals surface area contributed by atoms with Gasteiger partial charge in [0.05, 0.1) is 12.5 Å². The summed E-state index contributed by atoms with van der Waals surface area (Å²) in [5, 5.41) is 2.34. The lowest BCUT2D eigenvalue weighted by Crippen LogP contribution is -2.43. The van der Waals surface area contributed by atoms with Gasteiger partial charge in [-0.15, -0.1) is 11.3 Å². The van der Waals surface area contributed by atoms with Crippen LogP contribution in [0.3, 0.4) is 0 Å². The standard InChI is InChI=1S/C18H18N4O4S/c1-10-19-17-16(18(25)22(10)8-15(24)21-20-11(2)23)14(9-27-17)12-4-6-13(26-3)7-5-12/h4-7,9H,8H2,1-3H3,(H,20,23)(H,21,24). The summed E-state index contributed by atoms with van der Waals surface area (Å²) >= 11 is 1.38. The van der Waals surface area contributed by atoms with E-state index in [-0.39, 0.29) is 12.1 Å². The van der Waals surface area contributed by atoms with Crippen LogP contribution in [0.1, 0.15) is 12.7 Å². The van der Waals surface area contributed by atoms with Gasteiger partial charge >= 0.3 is 0 Å². The SMILES string of the molecule is COc1ccc(-c2csc3nc(C)n(CC(=O)NNC(C)=O)c(=O)c23)cc1. The Labute approximate surface area is 158 Å². The first-order valence-electron chi connectivity index (χ1n) is 8.09. The highest BCUT2D eigenvalue weighted by molar-refractivity contribution is 7.17. The Morgan fingerprint density at radius 1 is 1.22 bits per heavy atom. The quantitative estimate of drug-likeness (QED) is 0.663. The molecule has 27 heavy (non-hydrogen) atoms. The van der Waals surface area contributed by atoms with Crippen LogP contribution in [0.5, 0.6) is 5.75 Å². The summed E-state index contributed by atoms with van der Waals surface area (Å²) in [4.78, 5) is 41.0. The van der Waals surface area contributed by atoms with Crippen molar-refractivity contribution in [2.45, 2.75) is 20.4 Å². The highest BCUT2D eigenvalue weighted by Crippen LogP contribution is 2.31. The van der Waals surface area contributed by atoms with Crippen molar-refractivity contribution in [2.24, 2.45) is 0 Å². The molecular formula is C18H18N4O4S. The minimum Gasteiger partial charge on any atom is -0.497 e.